The zero-order chi connectivity index (χ0) is 12.7. The molecule has 1 N–H and O–H groups in total. The minimum atomic E-state index is -0.0871. The Morgan fingerprint density at radius 1 is 1.35 bits per heavy atom. The zero-order valence-corrected chi connectivity index (χ0v) is 11.5. The van der Waals surface area contributed by atoms with E-state index >= 15 is 0 Å². The van der Waals surface area contributed by atoms with E-state index in [1.807, 2.05) is 6.92 Å². The molecule has 5 heteroatoms. The normalized spacial score (nSPS) is 12.5. The number of methoxy groups -OCH3 is 1. The lowest BCUT2D eigenvalue weighted by Gasteiger charge is -2.19. The summed E-state index contributed by atoms with van der Waals surface area (Å²) in [6.07, 6.45) is -0.0871. The summed E-state index contributed by atoms with van der Waals surface area (Å²) in [5, 5.41) is 4.36. The predicted octanol–water partition coefficient (Wildman–Crippen LogP) is 3.00. The molecular weight excluding hydrogens is 261 g/mol. The van der Waals surface area contributed by atoms with Crippen LogP contribution in [0.25, 0.3) is 0 Å². The number of hydrogen-bond acceptors (Lipinski definition) is 3. The molecule has 0 aromatic heterocycles. The van der Waals surface area contributed by atoms with Gasteiger partial charge < -0.3 is 14.8 Å². The Morgan fingerprint density at radius 3 is 2.76 bits per heavy atom. The standard InChI is InChI=1S/C12H17Cl2NO2/c1-3-15-7-10(8-16-2)17-12-6-9(13)4-5-11(12)14/h4-6,10,15H,3,7-8H2,1-2H3. The van der Waals surface area contributed by atoms with E-state index in [2.05, 4.69) is 5.32 Å². The highest BCUT2D eigenvalue weighted by molar-refractivity contribution is 6.34. The van der Waals surface area contributed by atoms with Gasteiger partial charge in [0.05, 0.1) is 11.6 Å². The third kappa shape index (κ3) is 5.13. The van der Waals surface area contributed by atoms with Crippen molar-refractivity contribution in [1.29, 1.82) is 0 Å². The van der Waals surface area contributed by atoms with Crippen LogP contribution in [0.4, 0.5) is 0 Å². The summed E-state index contributed by atoms with van der Waals surface area (Å²) in [5.74, 6) is 0.583. The zero-order valence-electron chi connectivity index (χ0n) is 10.0. The van der Waals surface area contributed by atoms with E-state index in [-0.39, 0.29) is 6.10 Å². The molecular formula is C12H17Cl2NO2. The fourth-order valence-electron chi connectivity index (χ4n) is 1.37. The number of nitrogens with one attached hydrogen (secondary N) is 1. The summed E-state index contributed by atoms with van der Waals surface area (Å²) in [4.78, 5) is 0. The van der Waals surface area contributed by atoms with Crippen LogP contribution in [0.1, 0.15) is 6.92 Å². The highest BCUT2D eigenvalue weighted by Crippen LogP contribution is 2.28. The number of halogens is 2. The fourth-order valence-corrected chi connectivity index (χ4v) is 1.70. The molecule has 0 heterocycles. The number of benzene rings is 1. The lowest BCUT2D eigenvalue weighted by Crippen LogP contribution is -2.34. The molecule has 1 aromatic carbocycles. The second kappa shape index (κ2) is 7.77. The molecule has 0 fully saturated rings. The molecule has 1 aromatic rings. The average molecular weight is 278 g/mol. The quantitative estimate of drug-likeness (QED) is 0.831. The summed E-state index contributed by atoms with van der Waals surface area (Å²) < 4.78 is 10.9. The highest BCUT2D eigenvalue weighted by Gasteiger charge is 2.12. The molecule has 0 aliphatic heterocycles. The van der Waals surface area contributed by atoms with Crippen LogP contribution in [0.2, 0.25) is 10.0 Å². The van der Waals surface area contributed by atoms with Crippen LogP contribution in [0.5, 0.6) is 5.75 Å². The van der Waals surface area contributed by atoms with Gasteiger partial charge in [0.2, 0.25) is 0 Å². The second-order valence-corrected chi connectivity index (χ2v) is 4.42. The first-order valence-corrected chi connectivity index (χ1v) is 6.24. The van der Waals surface area contributed by atoms with Crippen LogP contribution in [-0.4, -0.2) is 32.9 Å². The Balaban J connectivity index is 2.67. The van der Waals surface area contributed by atoms with Gasteiger partial charge in [0.15, 0.2) is 0 Å². The smallest absolute Gasteiger partial charge is 0.139 e. The highest BCUT2D eigenvalue weighted by atomic mass is 35.5. The van der Waals surface area contributed by atoms with Crippen LogP contribution in [-0.2, 0) is 4.74 Å². The molecule has 0 bridgehead atoms. The molecule has 1 unspecified atom stereocenters. The maximum atomic E-state index is 6.03. The Morgan fingerprint density at radius 2 is 2.12 bits per heavy atom. The van der Waals surface area contributed by atoms with Crippen LogP contribution < -0.4 is 10.1 Å². The topological polar surface area (TPSA) is 30.5 Å². The van der Waals surface area contributed by atoms with Crippen molar-refractivity contribution in [2.75, 3.05) is 26.8 Å². The molecule has 0 aliphatic rings. The fraction of sp³-hybridized carbons (Fsp3) is 0.500. The van der Waals surface area contributed by atoms with Gasteiger partial charge in [0.1, 0.15) is 11.9 Å². The van der Waals surface area contributed by atoms with Gasteiger partial charge in [-0.15, -0.1) is 0 Å². The third-order valence-electron chi connectivity index (χ3n) is 2.16. The van der Waals surface area contributed by atoms with Crippen LogP contribution in [0, 0.1) is 0 Å². The average Bonchev–Trinajstić information content (AvgIpc) is 2.31. The first-order valence-electron chi connectivity index (χ1n) is 5.48. The molecule has 0 saturated carbocycles. The molecule has 17 heavy (non-hydrogen) atoms. The molecule has 0 radical (unpaired) electrons. The number of likely N-dealkylation sites (N-methyl/N-ethyl adjacent to an activating group) is 1. The summed E-state index contributed by atoms with van der Waals surface area (Å²) in [6.45, 7) is 4.12. The monoisotopic (exact) mass is 277 g/mol. The van der Waals surface area contributed by atoms with E-state index < -0.39 is 0 Å². The third-order valence-corrected chi connectivity index (χ3v) is 2.71. The minimum absolute atomic E-state index is 0.0871. The van der Waals surface area contributed by atoms with Crippen molar-refractivity contribution >= 4 is 23.2 Å². The van der Waals surface area contributed by atoms with Crippen molar-refractivity contribution in [3.63, 3.8) is 0 Å². The molecule has 0 amide bonds. The van der Waals surface area contributed by atoms with Crippen LogP contribution in [0.15, 0.2) is 18.2 Å². The van der Waals surface area contributed by atoms with Gasteiger partial charge >= 0.3 is 0 Å². The van der Waals surface area contributed by atoms with Crippen LogP contribution >= 0.6 is 23.2 Å². The Kier molecular flexibility index (Phi) is 6.66. The van der Waals surface area contributed by atoms with E-state index in [0.29, 0.717) is 28.9 Å². The summed E-state index contributed by atoms with van der Waals surface area (Å²) in [6, 6.07) is 5.15. The molecule has 0 saturated heterocycles. The molecule has 96 valence electrons. The van der Waals surface area contributed by atoms with Gasteiger partial charge in [0, 0.05) is 24.7 Å². The lowest BCUT2D eigenvalue weighted by molar-refractivity contribution is 0.0810. The molecule has 3 nitrogen and oxygen atoms in total. The van der Waals surface area contributed by atoms with Gasteiger partial charge in [-0.2, -0.15) is 0 Å². The van der Waals surface area contributed by atoms with Crippen molar-refractivity contribution < 1.29 is 9.47 Å². The van der Waals surface area contributed by atoms with Crippen molar-refractivity contribution in [2.24, 2.45) is 0 Å². The maximum Gasteiger partial charge on any atom is 0.139 e. The van der Waals surface area contributed by atoms with Crippen molar-refractivity contribution in [2.45, 2.75) is 13.0 Å². The number of ether oxygens (including phenoxy) is 2. The second-order valence-electron chi connectivity index (χ2n) is 3.58. The maximum absolute atomic E-state index is 6.03. The molecule has 0 aliphatic carbocycles. The SMILES string of the molecule is CCNCC(COC)Oc1cc(Cl)ccc1Cl. The van der Waals surface area contributed by atoms with Crippen molar-refractivity contribution in [3.8, 4) is 5.75 Å². The van der Waals surface area contributed by atoms with Gasteiger partial charge in [-0.1, -0.05) is 30.1 Å². The predicted molar refractivity (Wildman–Crippen MR) is 71.3 cm³/mol. The van der Waals surface area contributed by atoms with E-state index in [1.54, 1.807) is 25.3 Å². The Bertz CT molecular complexity index is 347. The van der Waals surface area contributed by atoms with E-state index in [4.69, 9.17) is 32.7 Å². The van der Waals surface area contributed by atoms with E-state index in [9.17, 15) is 0 Å². The Hall–Kier alpha value is -0.480. The van der Waals surface area contributed by atoms with Crippen molar-refractivity contribution in [3.05, 3.63) is 28.2 Å². The van der Waals surface area contributed by atoms with Gasteiger partial charge in [-0.25, -0.2) is 0 Å². The summed E-state index contributed by atoms with van der Waals surface area (Å²) in [7, 11) is 1.64. The van der Waals surface area contributed by atoms with E-state index in [1.165, 1.54) is 0 Å². The van der Waals surface area contributed by atoms with Crippen molar-refractivity contribution in [1.82, 2.24) is 5.32 Å². The van der Waals surface area contributed by atoms with Crippen LogP contribution in [0.3, 0.4) is 0 Å². The van der Waals surface area contributed by atoms with E-state index in [0.717, 1.165) is 6.54 Å². The largest absolute Gasteiger partial charge is 0.485 e. The van der Waals surface area contributed by atoms with Gasteiger partial charge in [-0.05, 0) is 18.7 Å². The Labute approximate surface area is 112 Å². The van der Waals surface area contributed by atoms with Gasteiger partial charge in [0.25, 0.3) is 0 Å². The number of hydrogen-bond donors (Lipinski definition) is 1. The first kappa shape index (κ1) is 14.6. The van der Waals surface area contributed by atoms with Gasteiger partial charge in [-0.3, -0.25) is 0 Å². The first-order chi connectivity index (χ1) is 8.17. The molecule has 1 rings (SSSR count). The number of rotatable bonds is 7. The minimum Gasteiger partial charge on any atom is -0.485 e. The summed E-state index contributed by atoms with van der Waals surface area (Å²) in [5.41, 5.74) is 0. The molecule has 1 atom stereocenters. The lowest BCUT2D eigenvalue weighted by atomic mass is 10.3. The molecule has 0 spiro atoms. The summed E-state index contributed by atoms with van der Waals surface area (Å²) >= 11 is 11.9.